The van der Waals surface area contributed by atoms with Gasteiger partial charge in [0.15, 0.2) is 11.5 Å². The van der Waals surface area contributed by atoms with Crippen LogP contribution in [0.15, 0.2) is 33.8 Å². The highest BCUT2D eigenvalue weighted by Crippen LogP contribution is 2.39. The zero-order valence-electron chi connectivity index (χ0n) is 16.0. The second-order valence-corrected chi connectivity index (χ2v) is 7.44. The summed E-state index contributed by atoms with van der Waals surface area (Å²) in [6.45, 7) is 4.13. The summed E-state index contributed by atoms with van der Waals surface area (Å²) in [7, 11) is 3.07. The van der Waals surface area contributed by atoms with E-state index in [0.717, 1.165) is 11.3 Å². The predicted molar refractivity (Wildman–Crippen MR) is 111 cm³/mol. The van der Waals surface area contributed by atoms with Crippen LogP contribution in [0.25, 0.3) is 16.6 Å². The number of nitrogens with zero attached hydrogens (tertiary/aromatic N) is 3. The van der Waals surface area contributed by atoms with E-state index in [1.807, 2.05) is 22.9 Å². The van der Waals surface area contributed by atoms with E-state index in [1.54, 1.807) is 13.2 Å². The lowest BCUT2D eigenvalue weighted by Gasteiger charge is -2.12. The standard InChI is InChI=1S/C20H19BrN4O3/c1-10-5-16-22-12(9-25(16)8-11(10)2)6-15-23-18-13(20(26)24-15)7-14(27-3)19(28-4)17(18)21/h5,7-9H,6H2,1-4H3,(H,23,24,26). The molecule has 0 radical (unpaired) electrons. The molecule has 8 heteroatoms. The topological polar surface area (TPSA) is 81.5 Å². The minimum absolute atomic E-state index is 0.239. The summed E-state index contributed by atoms with van der Waals surface area (Å²) in [5.41, 5.74) is 4.35. The summed E-state index contributed by atoms with van der Waals surface area (Å²) in [6.07, 6.45) is 4.41. The molecule has 0 aliphatic carbocycles. The number of fused-ring (bicyclic) bond motifs is 2. The van der Waals surface area contributed by atoms with Gasteiger partial charge in [-0.3, -0.25) is 4.79 Å². The van der Waals surface area contributed by atoms with Gasteiger partial charge in [-0.05, 0) is 53.0 Å². The molecule has 0 atom stereocenters. The monoisotopic (exact) mass is 442 g/mol. The van der Waals surface area contributed by atoms with E-state index < -0.39 is 0 Å². The molecule has 144 valence electrons. The number of aromatic nitrogens is 4. The highest BCUT2D eigenvalue weighted by molar-refractivity contribution is 9.10. The number of H-pyrrole nitrogens is 1. The molecular weight excluding hydrogens is 424 g/mol. The predicted octanol–water partition coefficient (Wildman–Crippen LogP) is 3.56. The molecule has 4 aromatic rings. The molecule has 0 spiro atoms. The molecule has 0 amide bonds. The lowest BCUT2D eigenvalue weighted by molar-refractivity contribution is 0.354. The SMILES string of the molecule is COc1cc2c(=O)[nH]c(Cc3cn4cc(C)c(C)cc4n3)nc2c(Br)c1OC. The fraction of sp³-hybridized carbons (Fsp3) is 0.250. The molecule has 0 bridgehead atoms. The van der Waals surface area contributed by atoms with E-state index in [4.69, 9.17) is 9.47 Å². The van der Waals surface area contributed by atoms with Crippen LogP contribution < -0.4 is 15.0 Å². The van der Waals surface area contributed by atoms with Gasteiger partial charge in [-0.15, -0.1) is 0 Å². The number of aromatic amines is 1. The maximum absolute atomic E-state index is 12.6. The number of methoxy groups -OCH3 is 2. The summed E-state index contributed by atoms with van der Waals surface area (Å²) < 4.78 is 13.3. The normalized spacial score (nSPS) is 11.3. The Kier molecular flexibility index (Phi) is 4.58. The largest absolute Gasteiger partial charge is 0.493 e. The van der Waals surface area contributed by atoms with Crippen LogP contribution in [-0.4, -0.2) is 33.6 Å². The number of hydrogen-bond acceptors (Lipinski definition) is 5. The molecule has 0 aliphatic heterocycles. The molecule has 0 fully saturated rings. The first-order valence-electron chi connectivity index (χ1n) is 8.69. The van der Waals surface area contributed by atoms with E-state index in [2.05, 4.69) is 44.7 Å². The minimum atomic E-state index is -0.239. The molecule has 0 aliphatic rings. The molecular formula is C20H19BrN4O3. The first-order chi connectivity index (χ1) is 13.4. The Morgan fingerprint density at radius 2 is 1.89 bits per heavy atom. The van der Waals surface area contributed by atoms with Crippen LogP contribution in [0.3, 0.4) is 0 Å². The summed E-state index contributed by atoms with van der Waals surface area (Å²) in [6, 6.07) is 3.67. The number of rotatable bonds is 4. The van der Waals surface area contributed by atoms with Crippen LogP contribution in [0.1, 0.15) is 22.6 Å². The van der Waals surface area contributed by atoms with Crippen molar-refractivity contribution in [3.63, 3.8) is 0 Å². The molecule has 0 unspecified atom stereocenters. The van der Waals surface area contributed by atoms with Crippen LogP contribution in [0, 0.1) is 13.8 Å². The van der Waals surface area contributed by atoms with Crippen molar-refractivity contribution in [2.75, 3.05) is 14.2 Å². The van der Waals surface area contributed by atoms with Crippen molar-refractivity contribution < 1.29 is 9.47 Å². The first kappa shape index (κ1) is 18.5. The van der Waals surface area contributed by atoms with Crippen molar-refractivity contribution in [2.24, 2.45) is 0 Å². The smallest absolute Gasteiger partial charge is 0.258 e. The minimum Gasteiger partial charge on any atom is -0.493 e. The van der Waals surface area contributed by atoms with Crippen LogP contribution in [0.2, 0.25) is 0 Å². The van der Waals surface area contributed by atoms with Gasteiger partial charge in [-0.1, -0.05) is 0 Å². The van der Waals surface area contributed by atoms with Gasteiger partial charge in [-0.25, -0.2) is 9.97 Å². The number of benzene rings is 1. The quantitative estimate of drug-likeness (QED) is 0.522. The number of imidazole rings is 1. The van der Waals surface area contributed by atoms with Crippen LogP contribution in [-0.2, 0) is 6.42 Å². The van der Waals surface area contributed by atoms with E-state index in [1.165, 1.54) is 18.2 Å². The van der Waals surface area contributed by atoms with Crippen molar-refractivity contribution in [3.8, 4) is 11.5 Å². The Morgan fingerprint density at radius 3 is 2.61 bits per heavy atom. The molecule has 28 heavy (non-hydrogen) atoms. The van der Waals surface area contributed by atoms with Gasteiger partial charge in [0.05, 0.1) is 35.3 Å². The summed E-state index contributed by atoms with van der Waals surface area (Å²) in [5, 5.41) is 0.425. The third-order valence-electron chi connectivity index (χ3n) is 4.79. The fourth-order valence-corrected chi connectivity index (χ4v) is 3.87. The Morgan fingerprint density at radius 1 is 1.11 bits per heavy atom. The van der Waals surface area contributed by atoms with Crippen LogP contribution in [0.4, 0.5) is 0 Å². The highest BCUT2D eigenvalue weighted by Gasteiger charge is 2.17. The molecule has 1 N–H and O–H groups in total. The Bertz CT molecular complexity index is 1240. The van der Waals surface area contributed by atoms with E-state index in [9.17, 15) is 4.79 Å². The van der Waals surface area contributed by atoms with Gasteiger partial charge < -0.3 is 18.9 Å². The van der Waals surface area contributed by atoms with E-state index >= 15 is 0 Å². The number of pyridine rings is 1. The molecule has 0 saturated heterocycles. The summed E-state index contributed by atoms with van der Waals surface area (Å²) >= 11 is 3.49. The molecule has 3 heterocycles. The highest BCUT2D eigenvalue weighted by atomic mass is 79.9. The zero-order chi connectivity index (χ0) is 20.0. The summed E-state index contributed by atoms with van der Waals surface area (Å²) in [5.74, 6) is 1.49. The molecule has 7 nitrogen and oxygen atoms in total. The van der Waals surface area contributed by atoms with Crippen molar-refractivity contribution in [2.45, 2.75) is 20.3 Å². The number of nitrogens with one attached hydrogen (secondary N) is 1. The van der Waals surface area contributed by atoms with Crippen molar-refractivity contribution in [3.05, 3.63) is 62.0 Å². The number of halogens is 1. The lowest BCUT2D eigenvalue weighted by atomic mass is 10.2. The second kappa shape index (κ2) is 6.94. The van der Waals surface area contributed by atoms with E-state index in [0.29, 0.717) is 39.1 Å². The average molecular weight is 443 g/mol. The number of hydrogen-bond donors (Lipinski definition) is 1. The van der Waals surface area contributed by atoms with Gasteiger partial charge in [0.25, 0.3) is 5.56 Å². The van der Waals surface area contributed by atoms with Crippen molar-refractivity contribution in [1.82, 2.24) is 19.4 Å². The van der Waals surface area contributed by atoms with Gasteiger partial charge in [0.2, 0.25) is 0 Å². The Hall–Kier alpha value is -2.87. The van der Waals surface area contributed by atoms with E-state index in [-0.39, 0.29) is 5.56 Å². The maximum atomic E-state index is 12.6. The maximum Gasteiger partial charge on any atom is 0.258 e. The summed E-state index contributed by atoms with van der Waals surface area (Å²) in [4.78, 5) is 24.8. The van der Waals surface area contributed by atoms with Crippen molar-refractivity contribution in [1.29, 1.82) is 0 Å². The van der Waals surface area contributed by atoms with Gasteiger partial charge in [0.1, 0.15) is 11.5 Å². The third-order valence-corrected chi connectivity index (χ3v) is 5.53. The first-order valence-corrected chi connectivity index (χ1v) is 9.48. The van der Waals surface area contributed by atoms with Gasteiger partial charge in [0, 0.05) is 18.8 Å². The zero-order valence-corrected chi connectivity index (χ0v) is 17.5. The van der Waals surface area contributed by atoms with Gasteiger partial charge in [-0.2, -0.15) is 0 Å². The number of ether oxygens (including phenoxy) is 2. The fourth-order valence-electron chi connectivity index (χ4n) is 3.21. The molecule has 3 aromatic heterocycles. The molecule has 4 rings (SSSR count). The van der Waals surface area contributed by atoms with Crippen molar-refractivity contribution >= 4 is 32.5 Å². The third kappa shape index (κ3) is 3.03. The second-order valence-electron chi connectivity index (χ2n) is 6.65. The Labute approximate surface area is 169 Å². The lowest BCUT2D eigenvalue weighted by Crippen LogP contribution is -2.13. The molecule has 1 aromatic carbocycles. The Balaban J connectivity index is 1.81. The van der Waals surface area contributed by atoms with Crippen LogP contribution >= 0.6 is 15.9 Å². The molecule has 0 saturated carbocycles. The van der Waals surface area contributed by atoms with Crippen LogP contribution in [0.5, 0.6) is 11.5 Å². The number of aryl methyl sites for hydroxylation is 2. The average Bonchev–Trinajstić information content (AvgIpc) is 3.03. The van der Waals surface area contributed by atoms with Gasteiger partial charge >= 0.3 is 0 Å².